The van der Waals surface area contributed by atoms with E-state index in [-0.39, 0.29) is 44.8 Å². The summed E-state index contributed by atoms with van der Waals surface area (Å²) in [5, 5.41) is 1.37. The second kappa shape index (κ2) is 15.7. The third-order valence-corrected chi connectivity index (χ3v) is 20.7. The standard InChI is InChI=1S/C71H77BN2S/c1-65(2,3)43-27-31-57(48(36-43)42-22-18-17-19-23-42)73-62-51-40-55-56(70(13,14)35-34-69(55,11)12)41-59(51)75-64(62)72-61-50(39-49-46-24-20-21-25-52(46)71(15,16)60(49)63(61)73)47-29-26-44(66(4,5)6)37-58(47)74(72)45-28-30-53-54(38-45)68(9,10)33-32-67(53,7)8/h17-31,36-41H,32-35H2,1-16H3. The van der Waals surface area contributed by atoms with E-state index >= 15 is 0 Å². The molecule has 8 aromatic rings. The molecule has 0 fully saturated rings. The van der Waals surface area contributed by atoms with Crippen LogP contribution in [0, 0.1) is 0 Å². The Kier molecular flexibility index (Phi) is 10.2. The van der Waals surface area contributed by atoms with Crippen LogP contribution < -0.4 is 20.0 Å². The number of fused-ring (bicyclic) bond motifs is 12. The normalized spacial score (nSPS) is 18.9. The molecule has 1 aromatic heterocycles. The highest BCUT2D eigenvalue weighted by molar-refractivity contribution is 7.32. The van der Waals surface area contributed by atoms with Crippen LogP contribution in [0.4, 0.5) is 28.4 Å². The lowest BCUT2D eigenvalue weighted by Gasteiger charge is -2.48. The molecule has 380 valence electrons. The maximum Gasteiger partial charge on any atom is 0.343 e. The van der Waals surface area contributed by atoms with Crippen molar-refractivity contribution in [3.63, 3.8) is 0 Å². The average Bonchev–Trinajstić information content (AvgIpc) is 3.84. The highest BCUT2D eigenvalue weighted by atomic mass is 32.1. The van der Waals surface area contributed by atoms with Gasteiger partial charge in [-0.1, -0.05) is 190 Å². The van der Waals surface area contributed by atoms with Gasteiger partial charge in [0.2, 0.25) is 0 Å². The molecule has 13 rings (SSSR count). The van der Waals surface area contributed by atoms with Crippen LogP contribution in [0.25, 0.3) is 43.5 Å². The number of nitrogens with zero attached hydrogens (tertiary/aromatic N) is 2. The molecule has 0 atom stereocenters. The van der Waals surface area contributed by atoms with Gasteiger partial charge in [0.25, 0.3) is 0 Å². The minimum Gasteiger partial charge on any atom is -0.376 e. The van der Waals surface area contributed by atoms with Crippen molar-refractivity contribution in [2.24, 2.45) is 0 Å². The van der Waals surface area contributed by atoms with Crippen molar-refractivity contribution in [2.75, 3.05) is 9.71 Å². The smallest absolute Gasteiger partial charge is 0.343 e. The van der Waals surface area contributed by atoms with Crippen molar-refractivity contribution in [3.8, 4) is 33.4 Å². The average molecular weight is 1000 g/mol. The van der Waals surface area contributed by atoms with E-state index in [1.807, 2.05) is 0 Å². The number of hydrogen-bond donors (Lipinski definition) is 0. The van der Waals surface area contributed by atoms with Crippen LogP contribution in [0.5, 0.6) is 0 Å². The number of anilines is 5. The first-order valence-electron chi connectivity index (χ1n) is 28.2. The van der Waals surface area contributed by atoms with E-state index < -0.39 is 0 Å². The monoisotopic (exact) mass is 1000 g/mol. The minimum atomic E-state index is -0.297. The SMILES string of the molecule is CC(C)(C)c1ccc(N2c3c4c(cc5c3C(C)(C)c3ccccc3-5)-c3ccc(C(C)(C)C)cc3N(c3ccc5c(c3)C(C)(C)CCC5(C)C)B4c3sc4cc5c(cc4c32)C(C)(C)CCC5(C)C)c(-c2ccccc2)c1. The summed E-state index contributed by atoms with van der Waals surface area (Å²) >= 11 is 2.07. The van der Waals surface area contributed by atoms with Gasteiger partial charge in [-0.25, -0.2) is 0 Å². The van der Waals surface area contributed by atoms with Gasteiger partial charge in [-0.15, -0.1) is 11.3 Å². The molecule has 0 bridgehead atoms. The van der Waals surface area contributed by atoms with Gasteiger partial charge in [-0.05, 0) is 179 Å². The van der Waals surface area contributed by atoms with Crippen LogP contribution in [0.2, 0.25) is 0 Å². The Balaban J connectivity index is 1.24. The van der Waals surface area contributed by atoms with E-state index in [1.165, 1.54) is 152 Å². The first-order chi connectivity index (χ1) is 35.2. The van der Waals surface area contributed by atoms with Gasteiger partial charge in [0.15, 0.2) is 0 Å². The summed E-state index contributed by atoms with van der Waals surface area (Å²) in [5.41, 5.74) is 27.3. The van der Waals surface area contributed by atoms with Crippen LogP contribution in [0.3, 0.4) is 0 Å². The van der Waals surface area contributed by atoms with Crippen LogP contribution in [-0.2, 0) is 37.9 Å². The number of thiophene rings is 1. The van der Waals surface area contributed by atoms with Crippen LogP contribution in [0.15, 0.2) is 127 Å². The molecule has 75 heavy (non-hydrogen) atoms. The Morgan fingerprint density at radius 3 is 1.71 bits per heavy atom. The van der Waals surface area contributed by atoms with E-state index in [0.717, 1.165) is 0 Å². The van der Waals surface area contributed by atoms with Crippen molar-refractivity contribution >= 4 is 66.9 Å². The molecule has 0 N–H and O–H groups in total. The maximum absolute atomic E-state index is 2.84. The van der Waals surface area contributed by atoms with Crippen LogP contribution >= 0.6 is 11.3 Å². The zero-order chi connectivity index (χ0) is 52.9. The summed E-state index contributed by atoms with van der Waals surface area (Å²) in [5.74, 6) is 0. The van der Waals surface area contributed by atoms with Crippen molar-refractivity contribution in [1.29, 1.82) is 0 Å². The second-order valence-corrected chi connectivity index (χ2v) is 29.8. The van der Waals surface area contributed by atoms with Gasteiger partial charge >= 0.3 is 6.85 Å². The maximum atomic E-state index is 2.84. The van der Waals surface area contributed by atoms with Gasteiger partial charge in [0, 0.05) is 48.5 Å². The molecule has 3 heterocycles. The molecule has 2 nitrogen and oxygen atoms in total. The van der Waals surface area contributed by atoms with Gasteiger partial charge < -0.3 is 9.71 Å². The molecule has 0 spiro atoms. The Bertz CT molecular complexity index is 3730. The number of benzene rings is 7. The summed E-state index contributed by atoms with van der Waals surface area (Å²) < 4.78 is 2.81. The second-order valence-electron chi connectivity index (χ2n) is 28.7. The summed E-state index contributed by atoms with van der Waals surface area (Å²) in [4.78, 5) is 5.68. The highest BCUT2D eigenvalue weighted by Crippen LogP contribution is 2.61. The van der Waals surface area contributed by atoms with Crippen LogP contribution in [-0.4, -0.2) is 6.85 Å². The molecule has 0 saturated heterocycles. The van der Waals surface area contributed by atoms with Gasteiger partial charge in [-0.3, -0.25) is 0 Å². The highest BCUT2D eigenvalue weighted by Gasteiger charge is 2.53. The summed E-state index contributed by atoms with van der Waals surface area (Å²) in [6, 6.07) is 51.3. The molecule has 0 saturated carbocycles. The van der Waals surface area contributed by atoms with Crippen molar-refractivity contribution in [1.82, 2.24) is 0 Å². The third kappa shape index (κ3) is 7.02. The van der Waals surface area contributed by atoms with E-state index in [4.69, 9.17) is 0 Å². The molecule has 0 amide bonds. The molecule has 0 unspecified atom stereocenters. The van der Waals surface area contributed by atoms with E-state index in [9.17, 15) is 0 Å². The summed E-state index contributed by atoms with van der Waals surface area (Å²) in [7, 11) is 0. The minimum absolute atomic E-state index is 0.0375. The van der Waals surface area contributed by atoms with Gasteiger partial charge in [0.1, 0.15) is 0 Å². The fraction of sp³-hybridized carbons (Fsp3) is 0.380. The molecule has 4 heteroatoms. The van der Waals surface area contributed by atoms with E-state index in [2.05, 4.69) is 259 Å². The Morgan fingerprint density at radius 1 is 0.453 bits per heavy atom. The predicted octanol–water partition coefficient (Wildman–Crippen LogP) is 18.9. The van der Waals surface area contributed by atoms with Crippen molar-refractivity contribution < 1.29 is 0 Å². The number of rotatable bonds is 3. The summed E-state index contributed by atoms with van der Waals surface area (Å²) in [6.45, 7) is 39.0. The largest absolute Gasteiger partial charge is 0.376 e. The Labute approximate surface area is 453 Å². The Morgan fingerprint density at radius 2 is 1.04 bits per heavy atom. The topological polar surface area (TPSA) is 6.48 Å². The lowest BCUT2D eigenvalue weighted by Crippen LogP contribution is -2.61. The fourth-order valence-corrected chi connectivity index (χ4v) is 15.9. The molecule has 2 aliphatic heterocycles. The molecule has 5 aliphatic rings. The lowest BCUT2D eigenvalue weighted by molar-refractivity contribution is 0.332. The van der Waals surface area contributed by atoms with Gasteiger partial charge in [0.05, 0.1) is 11.4 Å². The molecule has 3 aliphatic carbocycles. The van der Waals surface area contributed by atoms with Crippen LogP contribution in [0.1, 0.15) is 181 Å². The molecule has 0 radical (unpaired) electrons. The number of hydrogen-bond acceptors (Lipinski definition) is 3. The molecular weight excluding hydrogens is 924 g/mol. The van der Waals surface area contributed by atoms with Crippen molar-refractivity contribution in [3.05, 3.63) is 172 Å². The molecular formula is C71H77BN2S. The Hall–Kier alpha value is -5.84. The zero-order valence-corrected chi connectivity index (χ0v) is 48.6. The first-order valence-corrected chi connectivity index (χ1v) is 29.0. The predicted molar refractivity (Wildman–Crippen MR) is 327 cm³/mol. The van der Waals surface area contributed by atoms with E-state index in [1.54, 1.807) is 0 Å². The molecule has 7 aromatic carbocycles. The van der Waals surface area contributed by atoms with Gasteiger partial charge in [-0.2, -0.15) is 0 Å². The quantitative estimate of drug-likeness (QED) is 0.163. The fourth-order valence-electron chi connectivity index (χ4n) is 14.6. The van der Waals surface area contributed by atoms with E-state index in [0.29, 0.717) is 0 Å². The summed E-state index contributed by atoms with van der Waals surface area (Å²) in [6.07, 6.45) is 4.71. The third-order valence-electron chi connectivity index (χ3n) is 19.5. The zero-order valence-electron chi connectivity index (χ0n) is 47.8. The lowest BCUT2D eigenvalue weighted by atomic mass is 9.45. The first kappa shape index (κ1) is 48.8. The van der Waals surface area contributed by atoms with Crippen molar-refractivity contribution in [2.45, 2.75) is 174 Å².